The number of likely N-dealkylation sites (tertiary alicyclic amines) is 1. The summed E-state index contributed by atoms with van der Waals surface area (Å²) >= 11 is 7.61. The van der Waals surface area contributed by atoms with Gasteiger partial charge in [-0.05, 0) is 62.6 Å². The van der Waals surface area contributed by atoms with Crippen molar-refractivity contribution in [3.63, 3.8) is 0 Å². The molecule has 1 spiro atoms. The zero-order chi connectivity index (χ0) is 25.7. The lowest BCUT2D eigenvalue weighted by atomic mass is 9.66. The number of amides is 3. The first-order valence-electron chi connectivity index (χ1n) is 12.3. The number of halogens is 1. The van der Waals surface area contributed by atoms with Gasteiger partial charge in [-0.3, -0.25) is 14.4 Å². The minimum absolute atomic E-state index is 0.202. The summed E-state index contributed by atoms with van der Waals surface area (Å²) < 4.78 is -1.21. The fourth-order valence-corrected chi connectivity index (χ4v) is 8.83. The molecule has 7 nitrogen and oxygen atoms in total. The lowest BCUT2D eigenvalue weighted by molar-refractivity contribution is -0.141. The van der Waals surface area contributed by atoms with Crippen LogP contribution in [0.2, 0.25) is 5.02 Å². The minimum Gasteiger partial charge on any atom is -0.394 e. The topological polar surface area (TPSA) is 98.7 Å². The average Bonchev–Trinajstić information content (AvgIpc) is 3.43. The van der Waals surface area contributed by atoms with Gasteiger partial charge in [-0.15, -0.1) is 11.8 Å². The molecule has 3 aliphatic rings. The van der Waals surface area contributed by atoms with Gasteiger partial charge in [0.25, 0.3) is 0 Å². The van der Waals surface area contributed by atoms with Crippen LogP contribution in [0.3, 0.4) is 0 Å². The third-order valence-electron chi connectivity index (χ3n) is 7.97. The Morgan fingerprint density at radius 1 is 1.08 bits per heavy atom. The van der Waals surface area contributed by atoms with Crippen molar-refractivity contribution in [1.29, 1.82) is 0 Å². The number of carbonyl (C=O) groups is 3. The first kappa shape index (κ1) is 25.1. The van der Waals surface area contributed by atoms with E-state index in [0.29, 0.717) is 29.2 Å². The molecule has 3 N–H and O–H groups in total. The number of anilines is 2. The van der Waals surface area contributed by atoms with Crippen LogP contribution in [-0.4, -0.2) is 55.9 Å². The fraction of sp³-hybridized carbons (Fsp3) is 0.444. The van der Waals surface area contributed by atoms with Crippen LogP contribution < -0.4 is 10.6 Å². The van der Waals surface area contributed by atoms with E-state index in [4.69, 9.17) is 11.6 Å². The summed E-state index contributed by atoms with van der Waals surface area (Å²) in [6.07, 6.45) is 1.87. The third kappa shape index (κ3) is 3.90. The second-order valence-corrected chi connectivity index (χ2v) is 12.4. The first-order valence-corrected chi connectivity index (χ1v) is 13.5. The maximum Gasteiger partial charge on any atom is 0.248 e. The molecule has 9 heteroatoms. The molecule has 3 aliphatic heterocycles. The van der Waals surface area contributed by atoms with Crippen LogP contribution in [0.5, 0.6) is 0 Å². The first-order chi connectivity index (χ1) is 17.2. The van der Waals surface area contributed by atoms with Gasteiger partial charge in [0.1, 0.15) is 6.04 Å². The Balaban J connectivity index is 1.53. The summed E-state index contributed by atoms with van der Waals surface area (Å²) in [7, 11) is 0. The number of aliphatic hydroxyl groups excluding tert-OH is 1. The number of benzene rings is 2. The summed E-state index contributed by atoms with van der Waals surface area (Å²) in [5, 5.41) is 16.7. The molecule has 5 rings (SSSR count). The van der Waals surface area contributed by atoms with Gasteiger partial charge in [-0.1, -0.05) is 36.7 Å². The molecule has 0 aliphatic carbocycles. The van der Waals surface area contributed by atoms with E-state index in [0.717, 1.165) is 6.42 Å². The van der Waals surface area contributed by atoms with Crippen molar-refractivity contribution in [3.05, 3.63) is 59.6 Å². The van der Waals surface area contributed by atoms with Crippen molar-refractivity contribution in [2.24, 2.45) is 11.8 Å². The Morgan fingerprint density at radius 2 is 1.72 bits per heavy atom. The van der Waals surface area contributed by atoms with Gasteiger partial charge in [0.2, 0.25) is 17.7 Å². The Kier molecular flexibility index (Phi) is 6.55. The zero-order valence-corrected chi connectivity index (χ0v) is 21.8. The monoisotopic (exact) mass is 527 g/mol. The second-order valence-electron chi connectivity index (χ2n) is 10.1. The third-order valence-corrected chi connectivity index (χ3v) is 10.2. The summed E-state index contributed by atoms with van der Waals surface area (Å²) in [6, 6.07) is 14.7. The summed E-state index contributed by atoms with van der Waals surface area (Å²) in [4.78, 5) is 43.2. The van der Waals surface area contributed by atoms with Gasteiger partial charge in [-0.25, -0.2) is 0 Å². The van der Waals surface area contributed by atoms with Crippen LogP contribution in [-0.2, 0) is 14.4 Å². The zero-order valence-electron chi connectivity index (χ0n) is 20.2. The smallest absolute Gasteiger partial charge is 0.248 e. The second kappa shape index (κ2) is 9.39. The summed E-state index contributed by atoms with van der Waals surface area (Å²) in [5.41, 5.74) is 1.25. The molecule has 36 heavy (non-hydrogen) atoms. The van der Waals surface area contributed by atoms with E-state index in [1.807, 2.05) is 44.2 Å². The minimum atomic E-state index is -0.802. The molecule has 2 aromatic carbocycles. The van der Waals surface area contributed by atoms with E-state index in [9.17, 15) is 19.5 Å². The van der Waals surface area contributed by atoms with Crippen molar-refractivity contribution >= 4 is 52.5 Å². The van der Waals surface area contributed by atoms with Crippen LogP contribution >= 0.6 is 23.4 Å². The molecule has 6 atom stereocenters. The average molecular weight is 528 g/mol. The van der Waals surface area contributed by atoms with Crippen molar-refractivity contribution < 1.29 is 19.5 Å². The van der Waals surface area contributed by atoms with Crippen molar-refractivity contribution in [3.8, 4) is 0 Å². The predicted octanol–water partition coefficient (Wildman–Crippen LogP) is 4.17. The molecular formula is C27H30ClN3O4S. The molecule has 0 radical (unpaired) electrons. The normalized spacial score (nSPS) is 31.3. The van der Waals surface area contributed by atoms with E-state index in [2.05, 4.69) is 10.6 Å². The fourth-order valence-electron chi connectivity index (χ4n) is 6.36. The number of thioether (sulfide) groups is 1. The SMILES string of the molecule is CC[C@@H](CO)N1C(=O)[C@@H]2[C@@H](C(=O)Nc3ccccc3)[C@@]3(C)CCC2(S3)C1C(=O)Nc1ccc(Cl)cc1. The van der Waals surface area contributed by atoms with Crippen LogP contribution in [0.25, 0.3) is 0 Å². The molecule has 2 aromatic rings. The van der Waals surface area contributed by atoms with Gasteiger partial charge < -0.3 is 20.6 Å². The van der Waals surface area contributed by atoms with E-state index >= 15 is 0 Å². The van der Waals surface area contributed by atoms with Gasteiger partial charge in [0.15, 0.2) is 0 Å². The van der Waals surface area contributed by atoms with Gasteiger partial charge >= 0.3 is 0 Å². The molecule has 3 amide bonds. The number of hydrogen-bond acceptors (Lipinski definition) is 5. The molecule has 0 saturated carbocycles. The number of hydrogen-bond donors (Lipinski definition) is 3. The summed E-state index contributed by atoms with van der Waals surface area (Å²) in [5.74, 6) is -1.97. The molecule has 3 saturated heterocycles. The Hall–Kier alpha value is -2.55. The van der Waals surface area contributed by atoms with E-state index < -0.39 is 33.4 Å². The predicted molar refractivity (Wildman–Crippen MR) is 142 cm³/mol. The van der Waals surface area contributed by atoms with Crippen LogP contribution in [0.15, 0.2) is 54.6 Å². The highest BCUT2D eigenvalue weighted by atomic mass is 35.5. The number of nitrogens with zero attached hydrogens (tertiary/aromatic N) is 1. The van der Waals surface area contributed by atoms with Crippen LogP contribution in [0, 0.1) is 11.8 Å². The van der Waals surface area contributed by atoms with Crippen LogP contribution in [0.1, 0.15) is 33.1 Å². The van der Waals surface area contributed by atoms with E-state index in [-0.39, 0.29) is 24.3 Å². The van der Waals surface area contributed by atoms with Gasteiger partial charge in [0.05, 0.1) is 29.2 Å². The standard InChI is InChI=1S/C27H30ClN3O4S/c1-3-19(15-32)31-22(24(34)30-18-11-9-16(28)10-12-18)27-14-13-26(2,36-27)20(21(27)25(31)35)23(33)29-17-7-5-4-6-8-17/h4-12,19-22,32H,3,13-15H2,1-2H3,(H,29,33)(H,30,34)/t19-,20-,21-,22?,26+,27?/m0/s1. The number of fused-ring (bicyclic) bond motifs is 1. The molecule has 2 unspecified atom stereocenters. The molecule has 0 aromatic heterocycles. The maximum atomic E-state index is 14.1. The molecule has 3 heterocycles. The van der Waals surface area contributed by atoms with E-state index in [1.165, 1.54) is 0 Å². The van der Waals surface area contributed by atoms with Gasteiger partial charge in [0, 0.05) is 21.1 Å². The number of nitrogens with one attached hydrogen (secondary N) is 2. The van der Waals surface area contributed by atoms with Crippen molar-refractivity contribution in [2.75, 3.05) is 17.2 Å². The quantitative estimate of drug-likeness (QED) is 0.502. The van der Waals surface area contributed by atoms with Crippen molar-refractivity contribution in [2.45, 2.75) is 54.7 Å². The highest BCUT2D eigenvalue weighted by Crippen LogP contribution is 2.71. The molecular weight excluding hydrogens is 498 g/mol. The lowest BCUT2D eigenvalue weighted by Crippen LogP contribution is -2.54. The van der Waals surface area contributed by atoms with E-state index in [1.54, 1.807) is 40.9 Å². The highest BCUT2D eigenvalue weighted by molar-refractivity contribution is 8.02. The molecule has 190 valence electrons. The maximum absolute atomic E-state index is 14.1. The molecule has 2 bridgehead atoms. The Morgan fingerprint density at radius 3 is 2.36 bits per heavy atom. The van der Waals surface area contributed by atoms with Gasteiger partial charge in [-0.2, -0.15) is 0 Å². The number of rotatable bonds is 7. The highest BCUT2D eigenvalue weighted by Gasteiger charge is 2.77. The lowest BCUT2D eigenvalue weighted by Gasteiger charge is -2.36. The largest absolute Gasteiger partial charge is 0.394 e. The Labute approximate surface area is 220 Å². The molecule has 3 fully saturated rings. The Bertz CT molecular complexity index is 1180. The number of aliphatic hydroxyl groups is 1. The number of para-hydroxylation sites is 1. The van der Waals surface area contributed by atoms with Crippen molar-refractivity contribution in [1.82, 2.24) is 4.90 Å². The van der Waals surface area contributed by atoms with Crippen LogP contribution in [0.4, 0.5) is 11.4 Å². The number of carbonyl (C=O) groups excluding carboxylic acids is 3. The summed E-state index contributed by atoms with van der Waals surface area (Å²) in [6.45, 7) is 3.67.